The van der Waals surface area contributed by atoms with Crippen LogP contribution in [0, 0.1) is 10.1 Å². The van der Waals surface area contributed by atoms with E-state index in [4.69, 9.17) is 16.3 Å². The van der Waals surface area contributed by atoms with Gasteiger partial charge in [0.2, 0.25) is 0 Å². The lowest BCUT2D eigenvalue weighted by Gasteiger charge is -2.13. The molecular formula is C17H15ClN2O6S. The molecule has 0 spiro atoms. The molecule has 2 aromatic rings. The van der Waals surface area contributed by atoms with Gasteiger partial charge < -0.3 is 10.1 Å². The summed E-state index contributed by atoms with van der Waals surface area (Å²) in [5, 5.41) is 13.3. The maximum Gasteiger partial charge on any atom is 0.307 e. The Morgan fingerprint density at radius 3 is 2.56 bits per heavy atom. The van der Waals surface area contributed by atoms with E-state index in [0.29, 0.717) is 9.21 Å². The molecule has 1 aromatic carbocycles. The largest absolute Gasteiger partial charge is 0.453 e. The summed E-state index contributed by atoms with van der Waals surface area (Å²) in [5.74, 6) is -1.69. The summed E-state index contributed by atoms with van der Waals surface area (Å²) in [5.41, 5.74) is -0.273. The third-order valence-electron chi connectivity index (χ3n) is 3.44. The van der Waals surface area contributed by atoms with Gasteiger partial charge in [0, 0.05) is 12.5 Å². The minimum atomic E-state index is -1.18. The summed E-state index contributed by atoms with van der Waals surface area (Å²) in [6, 6.07) is 8.78. The number of amides is 1. The minimum absolute atomic E-state index is 0.000140. The van der Waals surface area contributed by atoms with Gasteiger partial charge in [0.15, 0.2) is 11.9 Å². The summed E-state index contributed by atoms with van der Waals surface area (Å²) >= 11 is 6.87. The van der Waals surface area contributed by atoms with Gasteiger partial charge in [0.05, 0.1) is 20.6 Å². The highest BCUT2D eigenvalue weighted by Crippen LogP contribution is 2.24. The number of ether oxygens (including phenoxy) is 1. The maximum atomic E-state index is 12.1. The van der Waals surface area contributed by atoms with E-state index in [9.17, 15) is 24.5 Å². The Bertz CT molecular complexity index is 882. The lowest BCUT2D eigenvalue weighted by Crippen LogP contribution is -2.30. The molecular weight excluding hydrogens is 396 g/mol. The molecule has 0 radical (unpaired) electrons. The van der Waals surface area contributed by atoms with Crippen molar-refractivity contribution in [3.8, 4) is 0 Å². The zero-order chi connectivity index (χ0) is 20.0. The number of Topliss-reactive ketones (excluding diaryl/α,β-unsaturated/α-hetero) is 1. The van der Waals surface area contributed by atoms with Gasteiger partial charge in [0.25, 0.3) is 11.6 Å². The normalized spacial score (nSPS) is 11.5. The van der Waals surface area contributed by atoms with E-state index in [-0.39, 0.29) is 30.0 Å². The highest BCUT2D eigenvalue weighted by atomic mass is 35.5. The number of nitro groups is 1. The summed E-state index contributed by atoms with van der Waals surface area (Å²) in [4.78, 5) is 46.6. The van der Waals surface area contributed by atoms with E-state index >= 15 is 0 Å². The van der Waals surface area contributed by atoms with Crippen molar-refractivity contribution in [3.63, 3.8) is 0 Å². The highest BCUT2D eigenvalue weighted by Gasteiger charge is 2.22. The summed E-state index contributed by atoms with van der Waals surface area (Å²) < 4.78 is 5.45. The molecule has 10 heteroatoms. The topological polar surface area (TPSA) is 116 Å². The van der Waals surface area contributed by atoms with Crippen LogP contribution in [0.15, 0.2) is 36.4 Å². The molecule has 1 amide bonds. The lowest BCUT2D eigenvalue weighted by atomic mass is 10.2. The average molecular weight is 411 g/mol. The molecule has 0 unspecified atom stereocenters. The SMILES string of the molecule is C[C@@H](OC(=O)CCC(=O)c1ccc(Cl)s1)C(=O)Nc1ccccc1[N+](=O)[O-]. The molecule has 1 heterocycles. The first-order chi connectivity index (χ1) is 12.8. The van der Waals surface area contributed by atoms with E-state index in [1.807, 2.05) is 0 Å². The summed E-state index contributed by atoms with van der Waals surface area (Å²) in [7, 11) is 0. The quantitative estimate of drug-likeness (QED) is 0.306. The number of nitro benzene ring substituents is 1. The van der Waals surface area contributed by atoms with Gasteiger partial charge in [-0.05, 0) is 25.1 Å². The van der Waals surface area contributed by atoms with Gasteiger partial charge in [-0.25, -0.2) is 0 Å². The number of hydrogen-bond donors (Lipinski definition) is 1. The first-order valence-electron chi connectivity index (χ1n) is 7.80. The Hall–Kier alpha value is -2.78. The number of thiophene rings is 1. The van der Waals surface area contributed by atoms with Crippen molar-refractivity contribution < 1.29 is 24.0 Å². The molecule has 0 fully saturated rings. The molecule has 0 aliphatic carbocycles. The molecule has 0 saturated heterocycles. The van der Waals surface area contributed by atoms with E-state index in [1.165, 1.54) is 31.2 Å². The molecule has 0 saturated carbocycles. The third kappa shape index (κ3) is 5.87. The molecule has 142 valence electrons. The number of rotatable bonds is 8. The molecule has 27 heavy (non-hydrogen) atoms. The number of nitrogens with zero attached hydrogens (tertiary/aromatic N) is 1. The first-order valence-corrected chi connectivity index (χ1v) is 8.99. The van der Waals surface area contributed by atoms with Gasteiger partial charge in [-0.3, -0.25) is 24.5 Å². The second kappa shape index (κ2) is 9.24. The lowest BCUT2D eigenvalue weighted by molar-refractivity contribution is -0.383. The number of carbonyl (C=O) groups excluding carboxylic acids is 3. The summed E-state index contributed by atoms with van der Waals surface area (Å²) in [6.07, 6.45) is -1.45. The van der Waals surface area contributed by atoms with Crippen LogP contribution in [0.25, 0.3) is 0 Å². The fraction of sp³-hybridized carbons (Fsp3) is 0.235. The molecule has 8 nitrogen and oxygen atoms in total. The van der Waals surface area contributed by atoms with E-state index < -0.39 is 22.9 Å². The molecule has 1 atom stereocenters. The van der Waals surface area contributed by atoms with E-state index in [1.54, 1.807) is 12.1 Å². The number of para-hydroxylation sites is 2. The van der Waals surface area contributed by atoms with Crippen molar-refractivity contribution in [2.75, 3.05) is 5.32 Å². The predicted octanol–water partition coefficient (Wildman–Crippen LogP) is 3.84. The molecule has 2 rings (SSSR count). The number of nitrogens with one attached hydrogen (secondary N) is 1. The number of benzene rings is 1. The Labute approximate surface area is 163 Å². The van der Waals surface area contributed by atoms with Crippen LogP contribution >= 0.6 is 22.9 Å². The molecule has 0 bridgehead atoms. The van der Waals surface area contributed by atoms with Crippen molar-refractivity contribution in [1.82, 2.24) is 0 Å². The van der Waals surface area contributed by atoms with Crippen molar-refractivity contribution in [2.24, 2.45) is 0 Å². The van der Waals surface area contributed by atoms with Gasteiger partial charge in [-0.2, -0.15) is 0 Å². The van der Waals surface area contributed by atoms with Crippen LogP contribution < -0.4 is 5.32 Å². The molecule has 1 aromatic heterocycles. The Morgan fingerprint density at radius 1 is 1.22 bits per heavy atom. The Balaban J connectivity index is 1.86. The van der Waals surface area contributed by atoms with Crippen LogP contribution in [0.3, 0.4) is 0 Å². The fourth-order valence-corrected chi connectivity index (χ4v) is 3.10. The number of ketones is 1. The number of halogens is 1. The zero-order valence-corrected chi connectivity index (χ0v) is 15.7. The minimum Gasteiger partial charge on any atom is -0.453 e. The fourth-order valence-electron chi connectivity index (χ4n) is 2.09. The number of esters is 1. The van der Waals surface area contributed by atoms with Crippen molar-refractivity contribution in [3.05, 3.63) is 55.7 Å². The van der Waals surface area contributed by atoms with Crippen LogP contribution in [0.5, 0.6) is 0 Å². The maximum absolute atomic E-state index is 12.1. The van der Waals surface area contributed by atoms with Gasteiger partial charge >= 0.3 is 5.97 Å². The summed E-state index contributed by atoms with van der Waals surface area (Å²) in [6.45, 7) is 1.34. The second-order valence-corrected chi connectivity index (χ2v) is 7.14. The number of carbonyl (C=O) groups is 3. The van der Waals surface area contributed by atoms with Crippen molar-refractivity contribution in [2.45, 2.75) is 25.9 Å². The monoisotopic (exact) mass is 410 g/mol. The predicted molar refractivity (Wildman–Crippen MR) is 100 cm³/mol. The number of anilines is 1. The van der Waals surface area contributed by atoms with Gasteiger partial charge in [-0.1, -0.05) is 23.7 Å². The van der Waals surface area contributed by atoms with Gasteiger partial charge in [0.1, 0.15) is 5.69 Å². The third-order valence-corrected chi connectivity index (χ3v) is 4.71. The zero-order valence-electron chi connectivity index (χ0n) is 14.1. The van der Waals surface area contributed by atoms with Crippen LogP contribution in [0.4, 0.5) is 11.4 Å². The van der Waals surface area contributed by atoms with Crippen LogP contribution in [0.1, 0.15) is 29.4 Å². The molecule has 0 aliphatic rings. The van der Waals surface area contributed by atoms with Crippen molar-refractivity contribution in [1.29, 1.82) is 0 Å². The average Bonchev–Trinajstić information content (AvgIpc) is 3.06. The van der Waals surface area contributed by atoms with Gasteiger partial charge in [-0.15, -0.1) is 11.3 Å². The molecule has 0 aliphatic heterocycles. The van der Waals surface area contributed by atoms with Crippen molar-refractivity contribution >= 4 is 52.0 Å². The first kappa shape index (κ1) is 20.5. The Kier molecular flexibility index (Phi) is 7.03. The standard InChI is InChI=1S/C17H15ClN2O6S/c1-10(17(23)19-11-4-2-3-5-12(11)20(24)25)26-16(22)9-6-13(21)14-7-8-15(18)27-14/h2-5,7-8,10H,6,9H2,1H3,(H,19,23)/t10-/m1/s1. The van der Waals surface area contributed by atoms with Crippen LogP contribution in [-0.2, 0) is 14.3 Å². The second-order valence-electron chi connectivity index (χ2n) is 5.42. The van der Waals surface area contributed by atoms with Crippen LogP contribution in [-0.4, -0.2) is 28.7 Å². The highest BCUT2D eigenvalue weighted by molar-refractivity contribution is 7.18. The number of hydrogen-bond acceptors (Lipinski definition) is 7. The van der Waals surface area contributed by atoms with E-state index in [0.717, 1.165) is 11.3 Å². The van der Waals surface area contributed by atoms with Crippen LogP contribution in [0.2, 0.25) is 4.34 Å². The Morgan fingerprint density at radius 2 is 1.93 bits per heavy atom. The van der Waals surface area contributed by atoms with E-state index in [2.05, 4.69) is 5.32 Å². The molecule has 1 N–H and O–H groups in total. The smallest absolute Gasteiger partial charge is 0.307 e.